The highest BCUT2D eigenvalue weighted by Gasteiger charge is 2.29. The third-order valence-corrected chi connectivity index (χ3v) is 3.95. The van der Waals surface area contributed by atoms with Crippen LogP contribution in [0.4, 0.5) is 5.69 Å². The van der Waals surface area contributed by atoms with Gasteiger partial charge >= 0.3 is 0 Å². The Morgan fingerprint density at radius 1 is 1.37 bits per heavy atom. The van der Waals surface area contributed by atoms with E-state index < -0.39 is 5.54 Å². The molecule has 100 valence electrons. The summed E-state index contributed by atoms with van der Waals surface area (Å²) < 4.78 is 0. The van der Waals surface area contributed by atoms with Crippen LogP contribution in [0.3, 0.4) is 0 Å². The summed E-state index contributed by atoms with van der Waals surface area (Å²) in [5.74, 6) is -0.270. The van der Waals surface area contributed by atoms with E-state index >= 15 is 0 Å². The number of nitrogens with two attached hydrogens (primary N) is 1. The van der Waals surface area contributed by atoms with Gasteiger partial charge < -0.3 is 16.2 Å². The maximum Gasteiger partial charge on any atom is 0.264 e. The van der Waals surface area contributed by atoms with E-state index in [4.69, 9.17) is 5.73 Å². The fourth-order valence-electron chi connectivity index (χ4n) is 1.82. The number of carbonyl (C=O) groups excluding carboxylic acids is 1. The molecule has 0 saturated carbocycles. The van der Waals surface area contributed by atoms with Gasteiger partial charge in [0, 0.05) is 0 Å². The van der Waals surface area contributed by atoms with Crippen molar-refractivity contribution >= 4 is 22.9 Å². The number of anilines is 1. The van der Waals surface area contributed by atoms with Crippen molar-refractivity contribution in [1.82, 2.24) is 5.32 Å². The number of aliphatic hydroxyl groups excluding tert-OH is 1. The minimum atomic E-state index is -0.825. The molecule has 0 aliphatic rings. The molecule has 2 rings (SSSR count). The van der Waals surface area contributed by atoms with E-state index in [2.05, 4.69) is 5.32 Å². The van der Waals surface area contributed by atoms with E-state index in [1.807, 2.05) is 30.3 Å². The summed E-state index contributed by atoms with van der Waals surface area (Å²) in [6, 6.07) is 11.1. The highest BCUT2D eigenvalue weighted by atomic mass is 32.1. The molecule has 5 heteroatoms. The minimum Gasteiger partial charge on any atom is -0.397 e. The predicted molar refractivity (Wildman–Crippen MR) is 77.1 cm³/mol. The maximum atomic E-state index is 12.2. The van der Waals surface area contributed by atoms with Gasteiger partial charge in [-0.15, -0.1) is 11.3 Å². The topological polar surface area (TPSA) is 75.3 Å². The average Bonchev–Trinajstić information content (AvgIpc) is 2.86. The zero-order valence-electron chi connectivity index (χ0n) is 10.6. The van der Waals surface area contributed by atoms with Gasteiger partial charge in [0.2, 0.25) is 0 Å². The van der Waals surface area contributed by atoms with Crippen molar-refractivity contribution in [2.75, 3.05) is 12.3 Å². The molecule has 19 heavy (non-hydrogen) atoms. The summed E-state index contributed by atoms with van der Waals surface area (Å²) in [6.45, 7) is 1.60. The van der Waals surface area contributed by atoms with Crippen LogP contribution in [0.25, 0.3) is 0 Å². The molecule has 1 aromatic carbocycles. The molecule has 1 unspecified atom stereocenters. The van der Waals surface area contributed by atoms with E-state index in [-0.39, 0.29) is 12.5 Å². The molecule has 1 atom stereocenters. The molecule has 1 heterocycles. The van der Waals surface area contributed by atoms with Crippen LogP contribution in [-0.4, -0.2) is 17.6 Å². The largest absolute Gasteiger partial charge is 0.397 e. The zero-order valence-corrected chi connectivity index (χ0v) is 11.4. The summed E-state index contributed by atoms with van der Waals surface area (Å²) in [7, 11) is 0. The molecule has 0 spiro atoms. The van der Waals surface area contributed by atoms with Crippen LogP contribution in [0.15, 0.2) is 41.8 Å². The number of rotatable bonds is 4. The molecule has 0 saturated heterocycles. The number of nitrogens with one attached hydrogen (secondary N) is 1. The Kier molecular flexibility index (Phi) is 3.87. The third kappa shape index (κ3) is 2.77. The van der Waals surface area contributed by atoms with Crippen LogP contribution in [0.2, 0.25) is 0 Å². The van der Waals surface area contributed by atoms with E-state index in [1.54, 1.807) is 18.4 Å². The van der Waals surface area contributed by atoms with Crippen molar-refractivity contribution in [3.05, 3.63) is 52.2 Å². The van der Waals surface area contributed by atoms with Crippen LogP contribution in [0, 0.1) is 0 Å². The number of carbonyl (C=O) groups is 1. The highest BCUT2D eigenvalue weighted by molar-refractivity contribution is 7.12. The van der Waals surface area contributed by atoms with Crippen molar-refractivity contribution in [2.45, 2.75) is 12.5 Å². The third-order valence-electron chi connectivity index (χ3n) is 3.02. The molecule has 2 aromatic rings. The van der Waals surface area contributed by atoms with Gasteiger partial charge in [-0.3, -0.25) is 4.79 Å². The van der Waals surface area contributed by atoms with Crippen molar-refractivity contribution in [3.63, 3.8) is 0 Å². The number of aliphatic hydroxyl groups is 1. The van der Waals surface area contributed by atoms with Gasteiger partial charge in [-0.05, 0) is 23.9 Å². The second kappa shape index (κ2) is 5.42. The molecular weight excluding hydrogens is 260 g/mol. The Bertz CT molecular complexity index is 568. The standard InChI is InChI=1S/C14H16N2O2S/c1-14(9-17,10-5-3-2-4-6-10)16-13(18)12-11(15)7-8-19-12/h2-8,17H,9,15H2,1H3,(H,16,18). The number of nitrogen functional groups attached to an aromatic ring is 1. The van der Waals surface area contributed by atoms with Crippen molar-refractivity contribution in [1.29, 1.82) is 0 Å². The van der Waals surface area contributed by atoms with Gasteiger partial charge in [-0.25, -0.2) is 0 Å². The van der Waals surface area contributed by atoms with Gasteiger partial charge in [0.1, 0.15) is 4.88 Å². The lowest BCUT2D eigenvalue weighted by Crippen LogP contribution is -2.46. The van der Waals surface area contributed by atoms with Gasteiger partial charge in [0.15, 0.2) is 0 Å². The van der Waals surface area contributed by atoms with Crippen LogP contribution in [0.1, 0.15) is 22.2 Å². The zero-order chi connectivity index (χ0) is 13.9. The van der Waals surface area contributed by atoms with Crippen LogP contribution >= 0.6 is 11.3 Å². The lowest BCUT2D eigenvalue weighted by Gasteiger charge is -2.29. The molecule has 0 fully saturated rings. The summed E-state index contributed by atoms with van der Waals surface area (Å²) >= 11 is 1.29. The van der Waals surface area contributed by atoms with Crippen molar-refractivity contribution < 1.29 is 9.90 Å². The predicted octanol–water partition coefficient (Wildman–Crippen LogP) is 1.97. The monoisotopic (exact) mass is 276 g/mol. The molecule has 1 amide bonds. The fraction of sp³-hybridized carbons (Fsp3) is 0.214. The first-order valence-electron chi connectivity index (χ1n) is 5.89. The molecule has 0 aliphatic heterocycles. The molecule has 4 nitrogen and oxygen atoms in total. The second-order valence-corrected chi connectivity index (χ2v) is 5.43. The quantitative estimate of drug-likeness (QED) is 0.799. The Hall–Kier alpha value is -1.85. The molecular formula is C14H16N2O2S. The van der Waals surface area contributed by atoms with E-state index in [0.29, 0.717) is 10.6 Å². The van der Waals surface area contributed by atoms with Crippen LogP contribution < -0.4 is 11.1 Å². The van der Waals surface area contributed by atoms with Crippen LogP contribution in [-0.2, 0) is 5.54 Å². The van der Waals surface area contributed by atoms with Crippen molar-refractivity contribution in [3.8, 4) is 0 Å². The highest BCUT2D eigenvalue weighted by Crippen LogP contribution is 2.23. The van der Waals surface area contributed by atoms with E-state index in [0.717, 1.165) is 5.56 Å². The number of hydrogen-bond donors (Lipinski definition) is 3. The number of amides is 1. The summed E-state index contributed by atoms with van der Waals surface area (Å²) in [4.78, 5) is 12.7. The number of thiophene rings is 1. The Balaban J connectivity index is 2.25. The number of hydrogen-bond acceptors (Lipinski definition) is 4. The van der Waals surface area contributed by atoms with E-state index in [9.17, 15) is 9.90 Å². The Morgan fingerprint density at radius 3 is 2.58 bits per heavy atom. The second-order valence-electron chi connectivity index (χ2n) is 4.52. The molecule has 4 N–H and O–H groups in total. The Morgan fingerprint density at radius 2 is 2.05 bits per heavy atom. The van der Waals surface area contributed by atoms with Gasteiger partial charge in [0.05, 0.1) is 17.8 Å². The first kappa shape index (κ1) is 13.6. The molecule has 0 bridgehead atoms. The first-order chi connectivity index (χ1) is 9.07. The lowest BCUT2D eigenvalue weighted by atomic mass is 9.93. The Labute approximate surface area is 115 Å². The van der Waals surface area contributed by atoms with E-state index in [1.165, 1.54) is 11.3 Å². The average molecular weight is 276 g/mol. The minimum absolute atomic E-state index is 0.186. The van der Waals surface area contributed by atoms with Gasteiger partial charge in [-0.1, -0.05) is 30.3 Å². The SMILES string of the molecule is CC(CO)(NC(=O)c1sccc1N)c1ccccc1. The number of benzene rings is 1. The smallest absolute Gasteiger partial charge is 0.264 e. The summed E-state index contributed by atoms with van der Waals surface area (Å²) in [6.07, 6.45) is 0. The molecule has 1 aromatic heterocycles. The van der Waals surface area contributed by atoms with Gasteiger partial charge in [-0.2, -0.15) is 0 Å². The summed E-state index contributed by atoms with van der Waals surface area (Å²) in [5.41, 5.74) is 6.21. The lowest BCUT2D eigenvalue weighted by molar-refractivity contribution is 0.0854. The van der Waals surface area contributed by atoms with Crippen LogP contribution in [0.5, 0.6) is 0 Å². The fourth-order valence-corrected chi connectivity index (χ4v) is 2.53. The maximum absolute atomic E-state index is 12.2. The van der Waals surface area contributed by atoms with Crippen molar-refractivity contribution in [2.24, 2.45) is 0 Å². The normalized spacial score (nSPS) is 13.8. The molecule has 0 radical (unpaired) electrons. The summed E-state index contributed by atoms with van der Waals surface area (Å²) in [5, 5.41) is 14.2. The first-order valence-corrected chi connectivity index (χ1v) is 6.76. The van der Waals surface area contributed by atoms with Gasteiger partial charge in [0.25, 0.3) is 5.91 Å². The molecule has 0 aliphatic carbocycles.